The Morgan fingerprint density at radius 1 is 1.14 bits per heavy atom. The molecule has 0 aliphatic carbocycles. The number of aromatic nitrogens is 3. The van der Waals surface area contributed by atoms with Crippen LogP contribution in [0.15, 0.2) is 36.4 Å². The smallest absolute Gasteiger partial charge is 0.296 e. The van der Waals surface area contributed by atoms with E-state index in [1.165, 1.54) is 6.07 Å². The largest absolute Gasteiger partial charge is 0.433 e. The summed E-state index contributed by atoms with van der Waals surface area (Å²) in [6.45, 7) is 0. The number of alkyl halides is 3. The van der Waals surface area contributed by atoms with Crippen molar-refractivity contribution >= 4 is 23.5 Å². The SMILES string of the molecule is O=Cc1cc2nc(-c3ccc(Cl)cc3)cc(C(F)(F)F)n2n1. The standard InChI is InChI=1S/C14H7ClF3N3O/c15-9-3-1-8(2-4-9)11-6-12(14(16,17)18)21-13(19-11)5-10(7-22)20-21/h1-7H. The van der Waals surface area contributed by atoms with E-state index < -0.39 is 11.9 Å². The molecule has 0 saturated carbocycles. The lowest BCUT2D eigenvalue weighted by Crippen LogP contribution is -2.13. The minimum Gasteiger partial charge on any atom is -0.296 e. The van der Waals surface area contributed by atoms with Crippen LogP contribution in [0, 0.1) is 0 Å². The Balaban J connectivity index is 2.28. The zero-order chi connectivity index (χ0) is 15.9. The van der Waals surface area contributed by atoms with Crippen LogP contribution in [-0.2, 0) is 6.18 Å². The van der Waals surface area contributed by atoms with Crippen molar-refractivity contribution in [3.05, 3.63) is 52.8 Å². The highest BCUT2D eigenvalue weighted by Crippen LogP contribution is 2.32. The van der Waals surface area contributed by atoms with Crippen molar-refractivity contribution in [1.82, 2.24) is 14.6 Å². The molecule has 22 heavy (non-hydrogen) atoms. The first kappa shape index (κ1) is 14.5. The number of carbonyl (C=O) groups is 1. The van der Waals surface area contributed by atoms with Gasteiger partial charge in [0.15, 0.2) is 17.6 Å². The normalized spacial score (nSPS) is 11.8. The van der Waals surface area contributed by atoms with E-state index in [0.717, 1.165) is 6.07 Å². The van der Waals surface area contributed by atoms with E-state index in [4.69, 9.17) is 11.6 Å². The van der Waals surface area contributed by atoms with Crippen LogP contribution in [0.2, 0.25) is 5.02 Å². The molecule has 0 N–H and O–H groups in total. The third-order valence-corrected chi connectivity index (χ3v) is 3.25. The zero-order valence-corrected chi connectivity index (χ0v) is 11.6. The second kappa shape index (κ2) is 5.10. The van der Waals surface area contributed by atoms with Crippen molar-refractivity contribution in [1.29, 1.82) is 0 Å². The number of hydrogen-bond donors (Lipinski definition) is 0. The molecule has 0 saturated heterocycles. The number of fused-ring (bicyclic) bond motifs is 1. The molecule has 3 rings (SSSR count). The topological polar surface area (TPSA) is 47.3 Å². The van der Waals surface area contributed by atoms with Crippen molar-refractivity contribution < 1.29 is 18.0 Å². The molecule has 0 aliphatic rings. The molecule has 0 fully saturated rings. The van der Waals surface area contributed by atoms with Crippen LogP contribution in [0.4, 0.5) is 13.2 Å². The van der Waals surface area contributed by atoms with Gasteiger partial charge in [0.2, 0.25) is 0 Å². The molecule has 0 bridgehead atoms. The van der Waals surface area contributed by atoms with Crippen LogP contribution in [0.3, 0.4) is 0 Å². The second-order valence-electron chi connectivity index (χ2n) is 4.49. The molecule has 4 nitrogen and oxygen atoms in total. The van der Waals surface area contributed by atoms with Gasteiger partial charge < -0.3 is 0 Å². The fourth-order valence-corrected chi connectivity index (χ4v) is 2.15. The summed E-state index contributed by atoms with van der Waals surface area (Å²) in [5.74, 6) is 0. The van der Waals surface area contributed by atoms with E-state index in [1.54, 1.807) is 24.3 Å². The van der Waals surface area contributed by atoms with Crippen LogP contribution in [0.5, 0.6) is 0 Å². The van der Waals surface area contributed by atoms with E-state index >= 15 is 0 Å². The molecular weight excluding hydrogens is 319 g/mol. The van der Waals surface area contributed by atoms with Gasteiger partial charge in [-0.25, -0.2) is 9.50 Å². The van der Waals surface area contributed by atoms with Crippen LogP contribution in [0.25, 0.3) is 16.9 Å². The minimum absolute atomic E-state index is 0.0538. The molecular formula is C14H7ClF3N3O. The van der Waals surface area contributed by atoms with Gasteiger partial charge >= 0.3 is 6.18 Å². The molecule has 0 unspecified atom stereocenters. The number of hydrogen-bond acceptors (Lipinski definition) is 3. The first-order valence-corrected chi connectivity index (χ1v) is 6.45. The summed E-state index contributed by atoms with van der Waals surface area (Å²) in [4.78, 5) is 14.8. The summed E-state index contributed by atoms with van der Waals surface area (Å²) in [7, 11) is 0. The predicted octanol–water partition coefficient (Wildman–Crippen LogP) is 3.88. The third kappa shape index (κ3) is 2.55. The summed E-state index contributed by atoms with van der Waals surface area (Å²) < 4.78 is 40.2. The number of rotatable bonds is 2. The summed E-state index contributed by atoms with van der Waals surface area (Å²) >= 11 is 5.77. The zero-order valence-electron chi connectivity index (χ0n) is 10.8. The molecule has 2 heterocycles. The Bertz CT molecular complexity index is 856. The molecule has 0 amide bonds. The van der Waals surface area contributed by atoms with Gasteiger partial charge in [-0.2, -0.15) is 18.3 Å². The number of halogens is 4. The highest BCUT2D eigenvalue weighted by molar-refractivity contribution is 6.30. The van der Waals surface area contributed by atoms with Gasteiger partial charge in [0, 0.05) is 16.7 Å². The lowest BCUT2D eigenvalue weighted by Gasteiger charge is -2.11. The molecule has 0 aliphatic heterocycles. The van der Waals surface area contributed by atoms with Gasteiger partial charge in [0.1, 0.15) is 5.69 Å². The van der Waals surface area contributed by atoms with Crippen molar-refractivity contribution in [3.63, 3.8) is 0 Å². The highest BCUT2D eigenvalue weighted by atomic mass is 35.5. The van der Waals surface area contributed by atoms with Gasteiger partial charge in [-0.15, -0.1) is 0 Å². The summed E-state index contributed by atoms with van der Waals surface area (Å²) in [5, 5.41) is 4.06. The molecule has 1 aromatic carbocycles. The molecule has 0 spiro atoms. The van der Waals surface area contributed by atoms with Gasteiger partial charge in [-0.1, -0.05) is 23.7 Å². The van der Waals surface area contributed by atoms with E-state index in [1.807, 2.05) is 0 Å². The van der Waals surface area contributed by atoms with E-state index in [2.05, 4.69) is 10.1 Å². The van der Waals surface area contributed by atoms with Gasteiger partial charge in [-0.3, -0.25) is 4.79 Å². The van der Waals surface area contributed by atoms with Crippen molar-refractivity contribution in [2.24, 2.45) is 0 Å². The summed E-state index contributed by atoms with van der Waals surface area (Å²) in [6.07, 6.45) is -4.26. The molecule has 112 valence electrons. The third-order valence-electron chi connectivity index (χ3n) is 3.00. The fourth-order valence-electron chi connectivity index (χ4n) is 2.02. The number of nitrogens with zero attached hydrogens (tertiary/aromatic N) is 3. The highest BCUT2D eigenvalue weighted by Gasteiger charge is 2.35. The first-order valence-electron chi connectivity index (χ1n) is 6.07. The predicted molar refractivity (Wildman–Crippen MR) is 73.8 cm³/mol. The average molecular weight is 326 g/mol. The maximum absolute atomic E-state index is 13.2. The first-order chi connectivity index (χ1) is 10.4. The van der Waals surface area contributed by atoms with Crippen molar-refractivity contribution in [2.75, 3.05) is 0 Å². The number of benzene rings is 1. The monoisotopic (exact) mass is 325 g/mol. The minimum atomic E-state index is -4.63. The quantitative estimate of drug-likeness (QED) is 0.672. The Hall–Kier alpha value is -2.41. The Kier molecular flexibility index (Phi) is 3.37. The Morgan fingerprint density at radius 3 is 2.41 bits per heavy atom. The Labute approximate surface area is 127 Å². The van der Waals surface area contributed by atoms with Gasteiger partial charge in [0.25, 0.3) is 0 Å². The second-order valence-corrected chi connectivity index (χ2v) is 4.92. The van der Waals surface area contributed by atoms with Crippen LogP contribution >= 0.6 is 11.6 Å². The fraction of sp³-hybridized carbons (Fsp3) is 0.0714. The molecule has 0 atom stereocenters. The van der Waals surface area contributed by atoms with Crippen molar-refractivity contribution in [2.45, 2.75) is 6.18 Å². The summed E-state index contributed by atoms with van der Waals surface area (Å²) in [6, 6.07) is 8.34. The van der Waals surface area contributed by atoms with E-state index in [9.17, 15) is 18.0 Å². The van der Waals surface area contributed by atoms with Crippen molar-refractivity contribution in [3.8, 4) is 11.3 Å². The van der Waals surface area contributed by atoms with Gasteiger partial charge in [0.05, 0.1) is 5.69 Å². The van der Waals surface area contributed by atoms with Crippen LogP contribution in [0.1, 0.15) is 16.2 Å². The van der Waals surface area contributed by atoms with Gasteiger partial charge in [-0.05, 0) is 18.2 Å². The maximum Gasteiger partial charge on any atom is 0.433 e. The average Bonchev–Trinajstić information content (AvgIpc) is 2.88. The van der Waals surface area contributed by atoms with E-state index in [-0.39, 0.29) is 17.0 Å². The maximum atomic E-state index is 13.2. The van der Waals surface area contributed by atoms with E-state index in [0.29, 0.717) is 21.4 Å². The van der Waals surface area contributed by atoms with Crippen LogP contribution in [-0.4, -0.2) is 20.9 Å². The molecule has 8 heteroatoms. The molecule has 0 radical (unpaired) electrons. The van der Waals surface area contributed by atoms with Crippen LogP contribution < -0.4 is 0 Å². The molecule has 2 aromatic heterocycles. The summed E-state index contributed by atoms with van der Waals surface area (Å²) in [5.41, 5.74) is -0.580. The number of carbonyl (C=O) groups excluding carboxylic acids is 1. The lowest BCUT2D eigenvalue weighted by atomic mass is 10.1. The lowest BCUT2D eigenvalue weighted by molar-refractivity contribution is -0.142. The molecule has 3 aromatic rings. The number of aldehydes is 1. The Morgan fingerprint density at radius 2 is 1.82 bits per heavy atom.